The Balaban J connectivity index is 2.08. The zero-order valence-electron chi connectivity index (χ0n) is 10.4. The van der Waals surface area contributed by atoms with Crippen molar-refractivity contribution in [1.82, 2.24) is 9.78 Å². The lowest BCUT2D eigenvalue weighted by molar-refractivity contribution is 0.0600. The monoisotopic (exact) mass is 260 g/mol. The number of carbonyl (C=O) groups is 1. The third-order valence-corrected chi connectivity index (χ3v) is 2.67. The second kappa shape index (κ2) is 5.68. The van der Waals surface area contributed by atoms with Crippen LogP contribution in [-0.4, -0.2) is 40.0 Å². The van der Waals surface area contributed by atoms with Crippen LogP contribution in [0.25, 0.3) is 0 Å². The molecule has 0 spiro atoms. The third-order valence-electron chi connectivity index (χ3n) is 2.67. The van der Waals surface area contributed by atoms with Crippen molar-refractivity contribution in [3.8, 4) is 0 Å². The first kappa shape index (κ1) is 13.3. The summed E-state index contributed by atoms with van der Waals surface area (Å²) in [5.74, 6) is -0.378. The first-order valence-corrected chi connectivity index (χ1v) is 5.66. The molecule has 0 aliphatic heterocycles. The highest BCUT2D eigenvalue weighted by Gasteiger charge is 2.13. The Bertz CT molecular complexity index is 565. The van der Waals surface area contributed by atoms with Gasteiger partial charge in [0.15, 0.2) is 0 Å². The average molecular weight is 260 g/mol. The topological polar surface area (TPSA) is 84.6 Å². The molecule has 2 aromatic rings. The summed E-state index contributed by atoms with van der Waals surface area (Å²) in [6.45, 7) is 0.480. The van der Waals surface area contributed by atoms with Crippen LogP contribution in [0.3, 0.4) is 0 Å². The molecule has 0 saturated heterocycles. The number of aromatic nitrogens is 2. The molecule has 0 atom stereocenters. The van der Waals surface area contributed by atoms with Crippen LogP contribution in [-0.2, 0) is 11.3 Å². The Morgan fingerprint density at radius 3 is 2.58 bits per heavy atom. The quantitative estimate of drug-likeness (QED) is 0.566. The van der Waals surface area contributed by atoms with E-state index in [1.165, 1.54) is 13.3 Å². The largest absolute Gasteiger partial charge is 0.491 e. The van der Waals surface area contributed by atoms with Gasteiger partial charge in [-0.15, -0.1) is 0 Å². The molecule has 19 heavy (non-hydrogen) atoms. The number of rotatable bonds is 4. The summed E-state index contributed by atoms with van der Waals surface area (Å²) in [7, 11) is -0.183. The summed E-state index contributed by atoms with van der Waals surface area (Å²) in [5.41, 5.74) is 1.76. The van der Waals surface area contributed by atoms with Gasteiger partial charge in [0, 0.05) is 17.9 Å². The molecule has 1 heterocycles. The van der Waals surface area contributed by atoms with Gasteiger partial charge in [-0.2, -0.15) is 5.10 Å². The first-order chi connectivity index (χ1) is 9.10. The molecule has 0 fully saturated rings. The Labute approximate surface area is 110 Å². The number of methoxy groups -OCH3 is 1. The first-order valence-electron chi connectivity index (χ1n) is 5.66. The maximum absolute atomic E-state index is 11.3. The van der Waals surface area contributed by atoms with E-state index in [0.29, 0.717) is 17.6 Å². The van der Waals surface area contributed by atoms with Crippen LogP contribution in [0, 0.1) is 0 Å². The van der Waals surface area contributed by atoms with Crippen molar-refractivity contribution in [3.63, 3.8) is 0 Å². The van der Waals surface area contributed by atoms with Crippen LogP contribution in [0.4, 0.5) is 0 Å². The number of benzene rings is 1. The lowest BCUT2D eigenvalue weighted by atomic mass is 9.83. The van der Waals surface area contributed by atoms with Crippen molar-refractivity contribution in [1.29, 1.82) is 0 Å². The summed E-state index contributed by atoms with van der Waals surface area (Å²) in [6, 6.07) is 6.94. The number of hydrogen-bond donors (Lipinski definition) is 2. The van der Waals surface area contributed by atoms with Crippen molar-refractivity contribution in [2.24, 2.45) is 0 Å². The lowest BCUT2D eigenvalue weighted by Crippen LogP contribution is -2.28. The van der Waals surface area contributed by atoms with Gasteiger partial charge in [0.05, 0.1) is 19.2 Å². The van der Waals surface area contributed by atoms with E-state index in [1.54, 1.807) is 35.1 Å². The predicted molar refractivity (Wildman–Crippen MR) is 68.9 cm³/mol. The summed E-state index contributed by atoms with van der Waals surface area (Å²) in [6.07, 6.45) is 2.95. The fourth-order valence-electron chi connectivity index (χ4n) is 1.65. The van der Waals surface area contributed by atoms with Gasteiger partial charge in [-0.05, 0) is 17.7 Å². The van der Waals surface area contributed by atoms with E-state index in [0.717, 1.165) is 5.56 Å². The molecular formula is C12H13BN2O4. The highest BCUT2D eigenvalue weighted by molar-refractivity contribution is 6.58. The molecule has 2 rings (SSSR count). The Morgan fingerprint density at radius 2 is 2.05 bits per heavy atom. The van der Waals surface area contributed by atoms with E-state index >= 15 is 0 Å². The van der Waals surface area contributed by atoms with Gasteiger partial charge in [0.25, 0.3) is 0 Å². The van der Waals surface area contributed by atoms with E-state index in [4.69, 9.17) is 10.0 Å². The van der Waals surface area contributed by atoms with Crippen LogP contribution < -0.4 is 5.46 Å². The van der Waals surface area contributed by atoms with Gasteiger partial charge in [-0.25, -0.2) is 4.79 Å². The second-order valence-corrected chi connectivity index (χ2v) is 4.03. The Morgan fingerprint density at radius 1 is 1.37 bits per heavy atom. The Kier molecular flexibility index (Phi) is 3.98. The molecule has 0 aliphatic rings. The molecule has 1 aromatic carbocycles. The number of esters is 1. The number of nitrogens with zero attached hydrogens (tertiary/aromatic N) is 2. The number of ether oxygens (including phenoxy) is 1. The third kappa shape index (κ3) is 3.21. The van der Waals surface area contributed by atoms with Crippen LogP contribution >= 0.6 is 0 Å². The highest BCUT2D eigenvalue weighted by Crippen LogP contribution is 2.07. The second-order valence-electron chi connectivity index (χ2n) is 4.03. The normalized spacial score (nSPS) is 10.3. The van der Waals surface area contributed by atoms with Crippen molar-refractivity contribution in [2.75, 3.05) is 7.11 Å². The maximum Gasteiger partial charge on any atom is 0.491 e. The van der Waals surface area contributed by atoms with Gasteiger partial charge in [0.2, 0.25) is 0 Å². The molecule has 0 saturated carbocycles. The smallest absolute Gasteiger partial charge is 0.465 e. The van der Waals surface area contributed by atoms with Gasteiger partial charge in [-0.3, -0.25) is 4.68 Å². The van der Waals surface area contributed by atoms with Gasteiger partial charge >= 0.3 is 13.1 Å². The summed E-state index contributed by atoms with van der Waals surface area (Å²) in [4.78, 5) is 11.3. The minimum absolute atomic E-state index is 0.339. The molecule has 0 aliphatic carbocycles. The number of carbonyl (C=O) groups excluding carboxylic acids is 1. The van der Waals surface area contributed by atoms with Crippen molar-refractivity contribution < 1.29 is 19.6 Å². The Hall–Kier alpha value is -2.12. The van der Waals surface area contributed by atoms with Gasteiger partial charge < -0.3 is 14.8 Å². The minimum Gasteiger partial charge on any atom is -0.465 e. The lowest BCUT2D eigenvalue weighted by Gasteiger charge is -2.03. The van der Waals surface area contributed by atoms with E-state index in [9.17, 15) is 4.79 Å². The van der Waals surface area contributed by atoms with Gasteiger partial charge in [-0.1, -0.05) is 12.1 Å². The standard InChI is InChI=1S/C12H13BN2O4/c1-19-12(16)10-4-2-9(3-5-10)7-15-8-11(6-14-15)13(17)18/h2-6,8,17-18H,7H2,1H3. The molecular weight excluding hydrogens is 247 g/mol. The van der Waals surface area contributed by atoms with Crippen LogP contribution in [0.5, 0.6) is 0 Å². The summed E-state index contributed by atoms with van der Waals surface area (Å²) in [5, 5.41) is 22.0. The molecule has 6 nitrogen and oxygen atoms in total. The summed E-state index contributed by atoms with van der Waals surface area (Å²) < 4.78 is 6.20. The average Bonchev–Trinajstić information content (AvgIpc) is 2.87. The van der Waals surface area contributed by atoms with Gasteiger partial charge in [0.1, 0.15) is 0 Å². The minimum atomic E-state index is -1.52. The van der Waals surface area contributed by atoms with Crippen LogP contribution in [0.1, 0.15) is 15.9 Å². The SMILES string of the molecule is COC(=O)c1ccc(Cn2cc(B(O)O)cn2)cc1. The number of hydrogen-bond acceptors (Lipinski definition) is 5. The molecule has 0 unspecified atom stereocenters. The van der Waals surface area contributed by atoms with E-state index < -0.39 is 7.12 Å². The van der Waals surface area contributed by atoms with Crippen molar-refractivity contribution >= 4 is 18.6 Å². The molecule has 0 amide bonds. The van der Waals surface area contributed by atoms with Crippen molar-refractivity contribution in [2.45, 2.75) is 6.54 Å². The highest BCUT2D eigenvalue weighted by atomic mass is 16.5. The molecule has 0 radical (unpaired) electrons. The molecule has 7 heteroatoms. The predicted octanol–water partition coefficient (Wildman–Crippen LogP) is -0.602. The molecule has 1 aromatic heterocycles. The van der Waals surface area contributed by atoms with E-state index in [2.05, 4.69) is 9.84 Å². The van der Waals surface area contributed by atoms with E-state index in [-0.39, 0.29) is 5.97 Å². The fraction of sp³-hybridized carbons (Fsp3) is 0.167. The van der Waals surface area contributed by atoms with E-state index in [1.807, 2.05) is 0 Å². The molecule has 0 bridgehead atoms. The molecule has 2 N–H and O–H groups in total. The van der Waals surface area contributed by atoms with Crippen LogP contribution in [0.2, 0.25) is 0 Å². The van der Waals surface area contributed by atoms with Crippen LogP contribution in [0.15, 0.2) is 36.7 Å². The maximum atomic E-state index is 11.3. The zero-order valence-corrected chi connectivity index (χ0v) is 10.4. The summed E-state index contributed by atoms with van der Waals surface area (Å²) >= 11 is 0. The zero-order chi connectivity index (χ0) is 13.8. The van der Waals surface area contributed by atoms with Crippen molar-refractivity contribution in [3.05, 3.63) is 47.8 Å². The fourth-order valence-corrected chi connectivity index (χ4v) is 1.65. The molecule has 98 valence electrons.